The third-order valence-corrected chi connectivity index (χ3v) is 3.53. The van der Waals surface area contributed by atoms with E-state index in [1.54, 1.807) is 0 Å². The number of benzene rings is 2. The molecule has 0 saturated carbocycles. The molecule has 0 radical (unpaired) electrons. The summed E-state index contributed by atoms with van der Waals surface area (Å²) in [6, 6.07) is 14.4. The fourth-order valence-corrected chi connectivity index (χ4v) is 2.35. The Morgan fingerprint density at radius 2 is 1.84 bits per heavy atom. The quantitative estimate of drug-likeness (QED) is 0.709. The minimum absolute atomic E-state index is 0.767. The molecule has 19 heavy (non-hydrogen) atoms. The third kappa shape index (κ3) is 1.97. The molecule has 0 bridgehead atoms. The van der Waals surface area contributed by atoms with E-state index >= 15 is 0 Å². The molecule has 0 aliphatic heterocycles. The predicted octanol–water partition coefficient (Wildman–Crippen LogP) is 3.38. The number of aryl methyl sites for hydroxylation is 2. The van der Waals surface area contributed by atoms with Crippen molar-refractivity contribution in [1.82, 2.24) is 9.55 Å². The summed E-state index contributed by atoms with van der Waals surface area (Å²) in [5.74, 6) is 0.975. The van der Waals surface area contributed by atoms with Gasteiger partial charge in [-0.2, -0.15) is 0 Å². The second kappa shape index (κ2) is 4.43. The first-order valence-electron chi connectivity index (χ1n) is 6.50. The summed E-state index contributed by atoms with van der Waals surface area (Å²) in [6.07, 6.45) is 1.05. The highest BCUT2D eigenvalue weighted by atomic mass is 15.1. The van der Waals surface area contributed by atoms with Gasteiger partial charge in [0.25, 0.3) is 0 Å². The van der Waals surface area contributed by atoms with Crippen molar-refractivity contribution in [2.75, 3.05) is 5.73 Å². The van der Waals surface area contributed by atoms with Crippen LogP contribution in [0.3, 0.4) is 0 Å². The molecule has 0 spiro atoms. The Morgan fingerprint density at radius 3 is 2.53 bits per heavy atom. The maximum atomic E-state index is 5.84. The van der Waals surface area contributed by atoms with Gasteiger partial charge in [-0.1, -0.05) is 31.2 Å². The number of nitrogen functional groups attached to an aromatic ring is 1. The van der Waals surface area contributed by atoms with E-state index in [0.717, 1.165) is 34.5 Å². The number of fused-ring (bicyclic) bond motifs is 1. The average molecular weight is 251 g/mol. The minimum Gasteiger partial charge on any atom is -0.399 e. The Labute approximate surface area is 112 Å². The summed E-state index contributed by atoms with van der Waals surface area (Å²) in [6.45, 7) is 2.16. The highest BCUT2D eigenvalue weighted by Gasteiger charge is 2.09. The molecule has 2 aromatic carbocycles. The van der Waals surface area contributed by atoms with Crippen molar-refractivity contribution >= 4 is 16.7 Å². The van der Waals surface area contributed by atoms with Crippen LogP contribution in [0.4, 0.5) is 5.69 Å². The summed E-state index contributed by atoms with van der Waals surface area (Å²) in [4.78, 5) is 4.69. The molecule has 0 aliphatic carbocycles. The first-order valence-corrected chi connectivity index (χ1v) is 6.50. The predicted molar refractivity (Wildman–Crippen MR) is 79.9 cm³/mol. The van der Waals surface area contributed by atoms with E-state index < -0.39 is 0 Å². The standard InChI is InChI=1S/C16H17N3/c1-3-11-4-6-12(7-5-11)16-18-14-9-8-13(17)10-15(14)19(16)2/h4-10H,3,17H2,1-2H3. The monoisotopic (exact) mass is 251 g/mol. The molecular weight excluding hydrogens is 234 g/mol. The molecule has 96 valence electrons. The molecule has 0 aliphatic rings. The molecule has 3 heteroatoms. The van der Waals surface area contributed by atoms with Gasteiger partial charge in [0.15, 0.2) is 0 Å². The molecule has 3 rings (SSSR count). The van der Waals surface area contributed by atoms with Crippen molar-refractivity contribution in [1.29, 1.82) is 0 Å². The van der Waals surface area contributed by atoms with Gasteiger partial charge in [0, 0.05) is 18.3 Å². The van der Waals surface area contributed by atoms with Crippen LogP contribution in [-0.4, -0.2) is 9.55 Å². The van der Waals surface area contributed by atoms with Crippen molar-refractivity contribution in [3.63, 3.8) is 0 Å². The van der Waals surface area contributed by atoms with Crippen LogP contribution in [0, 0.1) is 0 Å². The Balaban J connectivity index is 2.16. The van der Waals surface area contributed by atoms with E-state index in [4.69, 9.17) is 5.73 Å². The molecule has 3 aromatic rings. The lowest BCUT2D eigenvalue weighted by atomic mass is 10.1. The van der Waals surface area contributed by atoms with Crippen LogP contribution in [0.2, 0.25) is 0 Å². The topological polar surface area (TPSA) is 43.8 Å². The average Bonchev–Trinajstić information content (AvgIpc) is 2.76. The van der Waals surface area contributed by atoms with E-state index in [2.05, 4.69) is 40.7 Å². The molecular formula is C16H17N3. The van der Waals surface area contributed by atoms with Gasteiger partial charge < -0.3 is 10.3 Å². The fourth-order valence-electron chi connectivity index (χ4n) is 2.35. The number of imidazole rings is 1. The van der Waals surface area contributed by atoms with Crippen LogP contribution < -0.4 is 5.73 Å². The number of hydrogen-bond acceptors (Lipinski definition) is 2. The zero-order valence-electron chi connectivity index (χ0n) is 11.2. The number of hydrogen-bond donors (Lipinski definition) is 1. The molecule has 2 N–H and O–H groups in total. The normalized spacial score (nSPS) is 11.1. The summed E-state index contributed by atoms with van der Waals surface area (Å²) in [5.41, 5.74) is 11.1. The van der Waals surface area contributed by atoms with E-state index in [0.29, 0.717) is 0 Å². The third-order valence-electron chi connectivity index (χ3n) is 3.53. The van der Waals surface area contributed by atoms with Crippen molar-refractivity contribution in [2.24, 2.45) is 7.05 Å². The van der Waals surface area contributed by atoms with Crippen molar-refractivity contribution in [3.8, 4) is 11.4 Å². The van der Waals surface area contributed by atoms with Crippen LogP contribution >= 0.6 is 0 Å². The molecule has 0 unspecified atom stereocenters. The second-order valence-electron chi connectivity index (χ2n) is 4.79. The van der Waals surface area contributed by atoms with Crippen LogP contribution in [-0.2, 0) is 13.5 Å². The first-order chi connectivity index (χ1) is 9.19. The lowest BCUT2D eigenvalue weighted by Gasteiger charge is -2.03. The van der Waals surface area contributed by atoms with E-state index in [-0.39, 0.29) is 0 Å². The highest BCUT2D eigenvalue weighted by molar-refractivity contribution is 5.83. The Kier molecular flexibility index (Phi) is 2.75. The summed E-state index contributed by atoms with van der Waals surface area (Å²) >= 11 is 0. The number of aromatic nitrogens is 2. The van der Waals surface area contributed by atoms with Crippen LogP contribution in [0.25, 0.3) is 22.4 Å². The molecule has 0 atom stereocenters. The molecule has 0 fully saturated rings. The van der Waals surface area contributed by atoms with Crippen LogP contribution in [0.1, 0.15) is 12.5 Å². The maximum absolute atomic E-state index is 5.84. The summed E-state index contributed by atoms with van der Waals surface area (Å²) in [7, 11) is 2.03. The Hall–Kier alpha value is -2.29. The zero-order valence-corrected chi connectivity index (χ0v) is 11.2. The Bertz CT molecular complexity index is 724. The molecule has 0 amide bonds. The fraction of sp³-hybridized carbons (Fsp3) is 0.188. The lowest BCUT2D eigenvalue weighted by molar-refractivity contribution is 0.959. The van der Waals surface area contributed by atoms with Gasteiger partial charge >= 0.3 is 0 Å². The van der Waals surface area contributed by atoms with Crippen LogP contribution in [0.15, 0.2) is 42.5 Å². The van der Waals surface area contributed by atoms with Gasteiger partial charge in [-0.3, -0.25) is 0 Å². The number of nitrogens with two attached hydrogens (primary N) is 1. The van der Waals surface area contributed by atoms with Gasteiger partial charge in [-0.25, -0.2) is 4.98 Å². The molecule has 0 saturated heterocycles. The van der Waals surface area contributed by atoms with Gasteiger partial charge in [0.1, 0.15) is 5.82 Å². The Morgan fingerprint density at radius 1 is 1.11 bits per heavy atom. The molecule has 3 nitrogen and oxygen atoms in total. The van der Waals surface area contributed by atoms with E-state index in [1.807, 2.05) is 25.2 Å². The summed E-state index contributed by atoms with van der Waals surface area (Å²) in [5, 5.41) is 0. The minimum atomic E-state index is 0.767. The van der Waals surface area contributed by atoms with Gasteiger partial charge in [0.2, 0.25) is 0 Å². The maximum Gasteiger partial charge on any atom is 0.140 e. The smallest absolute Gasteiger partial charge is 0.140 e. The largest absolute Gasteiger partial charge is 0.399 e. The van der Waals surface area contributed by atoms with E-state index in [9.17, 15) is 0 Å². The molecule has 1 heterocycles. The van der Waals surface area contributed by atoms with Crippen molar-refractivity contribution in [3.05, 3.63) is 48.0 Å². The molecule has 1 aromatic heterocycles. The summed E-state index contributed by atoms with van der Waals surface area (Å²) < 4.78 is 2.09. The van der Waals surface area contributed by atoms with E-state index in [1.165, 1.54) is 5.56 Å². The van der Waals surface area contributed by atoms with Gasteiger partial charge in [0.05, 0.1) is 11.0 Å². The van der Waals surface area contributed by atoms with Gasteiger partial charge in [-0.15, -0.1) is 0 Å². The highest BCUT2D eigenvalue weighted by Crippen LogP contribution is 2.25. The zero-order chi connectivity index (χ0) is 13.4. The van der Waals surface area contributed by atoms with Crippen molar-refractivity contribution < 1.29 is 0 Å². The first kappa shape index (κ1) is 11.8. The second-order valence-corrected chi connectivity index (χ2v) is 4.79. The number of rotatable bonds is 2. The number of anilines is 1. The number of nitrogens with zero attached hydrogens (tertiary/aromatic N) is 2. The SMILES string of the molecule is CCc1ccc(-c2nc3ccc(N)cc3n2C)cc1. The lowest BCUT2D eigenvalue weighted by Crippen LogP contribution is -1.93. The van der Waals surface area contributed by atoms with Crippen LogP contribution in [0.5, 0.6) is 0 Å². The van der Waals surface area contributed by atoms with Gasteiger partial charge in [-0.05, 0) is 30.2 Å². The van der Waals surface area contributed by atoms with Crippen molar-refractivity contribution in [2.45, 2.75) is 13.3 Å².